The van der Waals surface area contributed by atoms with E-state index in [1.165, 1.54) is 12.1 Å². The van der Waals surface area contributed by atoms with Crippen molar-refractivity contribution < 1.29 is 21.6 Å². The van der Waals surface area contributed by atoms with E-state index in [0.717, 1.165) is 19.3 Å². The van der Waals surface area contributed by atoms with Crippen LogP contribution < -0.4 is 4.74 Å². The lowest BCUT2D eigenvalue weighted by Gasteiger charge is -2.31. The Morgan fingerprint density at radius 3 is 2.40 bits per heavy atom. The Morgan fingerprint density at radius 2 is 1.80 bits per heavy atom. The molecule has 6 nitrogen and oxygen atoms in total. The van der Waals surface area contributed by atoms with Crippen molar-refractivity contribution in [1.82, 2.24) is 4.31 Å². The van der Waals surface area contributed by atoms with Crippen molar-refractivity contribution >= 4 is 19.9 Å². The lowest BCUT2D eigenvalue weighted by molar-refractivity contribution is 0.261. The maximum atomic E-state index is 12.8. The van der Waals surface area contributed by atoms with E-state index in [2.05, 4.69) is 6.92 Å². The predicted molar refractivity (Wildman–Crippen MR) is 98.0 cm³/mol. The summed E-state index contributed by atoms with van der Waals surface area (Å²) in [5.41, 5.74) is 0. The number of rotatable bonds is 8. The van der Waals surface area contributed by atoms with Crippen LogP contribution in [0.3, 0.4) is 0 Å². The first-order chi connectivity index (χ1) is 11.8. The van der Waals surface area contributed by atoms with Crippen LogP contribution in [0.15, 0.2) is 29.2 Å². The van der Waals surface area contributed by atoms with E-state index >= 15 is 0 Å². The quantitative estimate of drug-likeness (QED) is 0.681. The van der Waals surface area contributed by atoms with Crippen molar-refractivity contribution in [3.63, 3.8) is 0 Å². The van der Waals surface area contributed by atoms with Crippen molar-refractivity contribution in [1.29, 1.82) is 0 Å². The molecular weight excluding hydrogens is 362 g/mol. The minimum atomic E-state index is -3.49. The summed E-state index contributed by atoms with van der Waals surface area (Å²) < 4.78 is 55.3. The molecule has 1 unspecified atom stereocenters. The third-order valence-corrected chi connectivity index (χ3v) is 8.17. The molecule has 8 heteroatoms. The number of nitrogens with zero attached hydrogens (tertiary/aromatic N) is 1. The summed E-state index contributed by atoms with van der Waals surface area (Å²) in [6, 6.07) is 6.20. The highest BCUT2D eigenvalue weighted by Gasteiger charge is 2.29. The number of hydrogen-bond donors (Lipinski definition) is 0. The fraction of sp³-hybridized carbons (Fsp3) is 0.647. The zero-order valence-electron chi connectivity index (χ0n) is 14.8. The van der Waals surface area contributed by atoms with Crippen molar-refractivity contribution in [2.45, 2.75) is 38.0 Å². The summed E-state index contributed by atoms with van der Waals surface area (Å²) in [5, 5.41) is 0. The Hall–Kier alpha value is -1.12. The second-order valence-corrected chi connectivity index (χ2v) is 10.7. The summed E-state index contributed by atoms with van der Waals surface area (Å²) in [6.07, 6.45) is 2.96. The molecule has 1 saturated heterocycles. The van der Waals surface area contributed by atoms with E-state index in [1.54, 1.807) is 23.4 Å². The molecule has 0 amide bonds. The van der Waals surface area contributed by atoms with Gasteiger partial charge < -0.3 is 4.74 Å². The Morgan fingerprint density at radius 1 is 1.12 bits per heavy atom. The molecule has 142 valence electrons. The monoisotopic (exact) mass is 389 g/mol. The van der Waals surface area contributed by atoms with Crippen molar-refractivity contribution in [3.8, 4) is 5.75 Å². The van der Waals surface area contributed by atoms with Crippen LogP contribution in [-0.4, -0.2) is 52.3 Å². The molecule has 0 N–H and O–H groups in total. The normalized spacial score (nSPS) is 19.7. The van der Waals surface area contributed by atoms with Crippen LogP contribution in [0.4, 0.5) is 0 Å². The van der Waals surface area contributed by atoms with Crippen LogP contribution in [0.1, 0.15) is 33.1 Å². The average Bonchev–Trinajstić information content (AvgIpc) is 2.62. The van der Waals surface area contributed by atoms with Crippen LogP contribution in [0.25, 0.3) is 0 Å². The lowest BCUT2D eigenvalue weighted by Crippen LogP contribution is -2.39. The summed E-state index contributed by atoms with van der Waals surface area (Å²) in [6.45, 7) is 4.88. The predicted octanol–water partition coefficient (Wildman–Crippen LogP) is 2.31. The SMILES string of the molecule is CCC1CCCN(S(=O)(=O)c2ccc(OCCS(=O)(=O)CC)cc2)C1. The lowest BCUT2D eigenvalue weighted by atomic mass is 9.97. The van der Waals surface area contributed by atoms with Gasteiger partial charge >= 0.3 is 0 Å². The maximum absolute atomic E-state index is 12.8. The third kappa shape index (κ3) is 5.43. The molecular formula is C17H27NO5S2. The molecule has 0 saturated carbocycles. The Kier molecular flexibility index (Phi) is 6.87. The molecule has 0 bridgehead atoms. The highest BCUT2D eigenvalue weighted by Crippen LogP contribution is 2.26. The molecule has 1 aromatic rings. The van der Waals surface area contributed by atoms with Gasteiger partial charge in [-0.25, -0.2) is 16.8 Å². The molecule has 1 aliphatic heterocycles. The zero-order chi connectivity index (χ0) is 18.5. The number of ether oxygens (including phenoxy) is 1. The standard InChI is InChI=1S/C17H27NO5S2/c1-3-15-6-5-11-18(14-15)25(21,22)17-9-7-16(8-10-17)23-12-13-24(19,20)4-2/h7-10,15H,3-6,11-14H2,1-2H3. The second kappa shape index (κ2) is 8.51. The molecule has 0 aromatic heterocycles. The Bertz CT molecular complexity index is 757. The smallest absolute Gasteiger partial charge is 0.243 e. The van der Waals surface area contributed by atoms with E-state index in [1.807, 2.05) is 0 Å². The average molecular weight is 390 g/mol. The summed E-state index contributed by atoms with van der Waals surface area (Å²) in [7, 11) is -6.56. The van der Waals surface area contributed by atoms with Crippen molar-refractivity contribution in [2.24, 2.45) is 5.92 Å². The van der Waals surface area contributed by atoms with E-state index in [-0.39, 0.29) is 23.0 Å². The van der Waals surface area contributed by atoms with E-state index in [4.69, 9.17) is 4.74 Å². The molecule has 1 aliphatic rings. The molecule has 1 aromatic carbocycles. The topological polar surface area (TPSA) is 80.8 Å². The van der Waals surface area contributed by atoms with Gasteiger partial charge in [0, 0.05) is 18.8 Å². The molecule has 0 spiro atoms. The molecule has 0 aliphatic carbocycles. The number of sulfonamides is 1. The van der Waals surface area contributed by atoms with Gasteiger partial charge in [-0.1, -0.05) is 20.3 Å². The highest BCUT2D eigenvalue weighted by atomic mass is 32.2. The third-order valence-electron chi connectivity index (χ3n) is 4.62. The van der Waals surface area contributed by atoms with Crippen LogP contribution >= 0.6 is 0 Å². The van der Waals surface area contributed by atoms with Crippen LogP contribution in [0.2, 0.25) is 0 Å². The largest absolute Gasteiger partial charge is 0.493 e. The first kappa shape index (κ1) is 20.2. The van der Waals surface area contributed by atoms with Gasteiger partial charge in [0.15, 0.2) is 9.84 Å². The van der Waals surface area contributed by atoms with Gasteiger partial charge in [-0.2, -0.15) is 4.31 Å². The van der Waals surface area contributed by atoms with Crippen LogP contribution in [0, 0.1) is 5.92 Å². The van der Waals surface area contributed by atoms with E-state index in [9.17, 15) is 16.8 Å². The summed E-state index contributed by atoms with van der Waals surface area (Å²) >= 11 is 0. The molecule has 1 heterocycles. The van der Waals surface area contributed by atoms with Crippen LogP contribution in [-0.2, 0) is 19.9 Å². The minimum absolute atomic E-state index is 0.0459. The summed E-state index contributed by atoms with van der Waals surface area (Å²) in [5.74, 6) is 0.930. The van der Waals surface area contributed by atoms with Gasteiger partial charge in [0.25, 0.3) is 0 Å². The second-order valence-electron chi connectivity index (χ2n) is 6.34. The van der Waals surface area contributed by atoms with Crippen LogP contribution in [0.5, 0.6) is 5.75 Å². The molecule has 1 fully saturated rings. The maximum Gasteiger partial charge on any atom is 0.243 e. The van der Waals surface area contributed by atoms with Crippen molar-refractivity contribution in [2.75, 3.05) is 31.2 Å². The van der Waals surface area contributed by atoms with Gasteiger partial charge in [-0.15, -0.1) is 0 Å². The van der Waals surface area contributed by atoms with Gasteiger partial charge in [-0.3, -0.25) is 0 Å². The Labute approximate surface area is 151 Å². The van der Waals surface area contributed by atoms with E-state index < -0.39 is 19.9 Å². The molecule has 0 radical (unpaired) electrons. The van der Waals surface area contributed by atoms with Gasteiger partial charge in [-0.05, 0) is 43.0 Å². The molecule has 1 atom stereocenters. The molecule has 25 heavy (non-hydrogen) atoms. The van der Waals surface area contributed by atoms with Gasteiger partial charge in [0.1, 0.15) is 12.4 Å². The molecule has 2 rings (SSSR count). The van der Waals surface area contributed by atoms with Gasteiger partial charge in [0.05, 0.1) is 10.6 Å². The number of sulfone groups is 1. The minimum Gasteiger partial charge on any atom is -0.493 e. The van der Waals surface area contributed by atoms with Crippen molar-refractivity contribution in [3.05, 3.63) is 24.3 Å². The number of piperidine rings is 1. The first-order valence-corrected chi connectivity index (χ1v) is 12.0. The first-order valence-electron chi connectivity index (χ1n) is 8.72. The zero-order valence-corrected chi connectivity index (χ0v) is 16.5. The fourth-order valence-electron chi connectivity index (χ4n) is 2.87. The fourth-order valence-corrected chi connectivity index (χ4v) is 5.05. The number of hydrogen-bond acceptors (Lipinski definition) is 5. The Balaban J connectivity index is 2.01. The highest BCUT2D eigenvalue weighted by molar-refractivity contribution is 7.91. The van der Waals surface area contributed by atoms with Gasteiger partial charge in [0.2, 0.25) is 10.0 Å². The number of benzene rings is 1. The summed E-state index contributed by atoms with van der Waals surface area (Å²) in [4.78, 5) is 0.248. The van der Waals surface area contributed by atoms with E-state index in [0.29, 0.717) is 24.8 Å².